The number of amides is 1. The van der Waals surface area contributed by atoms with Crippen molar-refractivity contribution in [1.29, 1.82) is 0 Å². The van der Waals surface area contributed by atoms with Crippen LogP contribution in [0.1, 0.15) is 30.3 Å². The van der Waals surface area contributed by atoms with Crippen molar-refractivity contribution in [2.24, 2.45) is 0 Å². The fourth-order valence-electron chi connectivity index (χ4n) is 3.32. The molecule has 1 aromatic heterocycles. The van der Waals surface area contributed by atoms with Gasteiger partial charge in [0.2, 0.25) is 5.91 Å². The minimum atomic E-state index is 0.0237. The van der Waals surface area contributed by atoms with Gasteiger partial charge in [0.1, 0.15) is 0 Å². The van der Waals surface area contributed by atoms with Gasteiger partial charge in [-0.05, 0) is 49.6 Å². The standard InChI is InChI=1S/C20H26N4O/c1-15-10-16(2)24(22-15)20-8-4-6-18(11-20)13-23-9-5-7-19(14-23)12-21-17(3)25/h4,6-8,10-11H,5,9,12-14H2,1-3H3,(H,21,25). The zero-order valence-corrected chi connectivity index (χ0v) is 15.2. The van der Waals surface area contributed by atoms with E-state index in [2.05, 4.69) is 58.6 Å². The van der Waals surface area contributed by atoms with Crippen LogP contribution in [0.2, 0.25) is 0 Å². The molecule has 1 N–H and O–H groups in total. The molecule has 0 spiro atoms. The lowest BCUT2D eigenvalue weighted by molar-refractivity contribution is -0.118. The highest BCUT2D eigenvalue weighted by Gasteiger charge is 2.14. The average molecular weight is 338 g/mol. The number of rotatable bonds is 5. The van der Waals surface area contributed by atoms with Gasteiger partial charge in [0, 0.05) is 38.8 Å². The van der Waals surface area contributed by atoms with Crippen LogP contribution >= 0.6 is 0 Å². The Morgan fingerprint density at radius 1 is 1.28 bits per heavy atom. The molecule has 5 heteroatoms. The fourth-order valence-corrected chi connectivity index (χ4v) is 3.32. The van der Waals surface area contributed by atoms with Gasteiger partial charge in [0.05, 0.1) is 11.4 Å². The lowest BCUT2D eigenvalue weighted by Crippen LogP contribution is -2.34. The molecule has 0 radical (unpaired) electrons. The summed E-state index contributed by atoms with van der Waals surface area (Å²) in [5.41, 5.74) is 5.86. The Kier molecular flexibility index (Phi) is 5.34. The number of aryl methyl sites for hydroxylation is 2. The molecule has 0 saturated carbocycles. The van der Waals surface area contributed by atoms with Crippen molar-refractivity contribution in [3.63, 3.8) is 0 Å². The molecule has 1 aliphatic heterocycles. The first kappa shape index (κ1) is 17.4. The van der Waals surface area contributed by atoms with Gasteiger partial charge in [-0.3, -0.25) is 9.69 Å². The molecule has 5 nitrogen and oxygen atoms in total. The Hall–Kier alpha value is -2.40. The largest absolute Gasteiger partial charge is 0.353 e. The molecular formula is C20H26N4O. The number of hydrogen-bond donors (Lipinski definition) is 1. The smallest absolute Gasteiger partial charge is 0.217 e. The molecule has 0 atom stereocenters. The first-order chi connectivity index (χ1) is 12.0. The van der Waals surface area contributed by atoms with E-state index in [1.807, 2.05) is 11.6 Å². The van der Waals surface area contributed by atoms with Crippen molar-refractivity contribution in [2.45, 2.75) is 33.7 Å². The molecule has 3 rings (SSSR count). The van der Waals surface area contributed by atoms with Gasteiger partial charge in [-0.2, -0.15) is 5.10 Å². The molecule has 0 bridgehead atoms. The fraction of sp³-hybridized carbons (Fsp3) is 0.400. The Bertz CT molecular complexity index is 791. The summed E-state index contributed by atoms with van der Waals surface area (Å²) in [5.74, 6) is 0.0237. The summed E-state index contributed by atoms with van der Waals surface area (Å²) >= 11 is 0. The Morgan fingerprint density at radius 3 is 2.84 bits per heavy atom. The molecule has 0 saturated heterocycles. The molecule has 132 valence electrons. The SMILES string of the molecule is CC(=O)NCC1=CCCN(Cc2cccc(-n3nc(C)cc3C)c2)C1. The molecule has 1 amide bonds. The number of nitrogens with zero attached hydrogens (tertiary/aromatic N) is 3. The number of nitrogens with one attached hydrogen (secondary N) is 1. The molecule has 1 aromatic carbocycles. The van der Waals surface area contributed by atoms with Crippen LogP contribution in [-0.4, -0.2) is 40.2 Å². The number of carbonyl (C=O) groups is 1. The second kappa shape index (κ2) is 7.66. The number of carbonyl (C=O) groups excluding carboxylic acids is 1. The van der Waals surface area contributed by atoms with E-state index in [-0.39, 0.29) is 5.91 Å². The van der Waals surface area contributed by atoms with E-state index in [0.29, 0.717) is 6.54 Å². The number of benzene rings is 1. The predicted molar refractivity (Wildman–Crippen MR) is 99.7 cm³/mol. The third-order valence-corrected chi connectivity index (χ3v) is 4.44. The quantitative estimate of drug-likeness (QED) is 0.853. The van der Waals surface area contributed by atoms with Crippen molar-refractivity contribution in [3.8, 4) is 5.69 Å². The molecule has 0 fully saturated rings. The van der Waals surface area contributed by atoms with Gasteiger partial charge in [-0.25, -0.2) is 4.68 Å². The van der Waals surface area contributed by atoms with Crippen LogP contribution in [-0.2, 0) is 11.3 Å². The van der Waals surface area contributed by atoms with E-state index in [9.17, 15) is 4.79 Å². The summed E-state index contributed by atoms with van der Waals surface area (Å²) in [6, 6.07) is 10.7. The highest BCUT2D eigenvalue weighted by Crippen LogP contribution is 2.17. The van der Waals surface area contributed by atoms with Crippen LogP contribution in [0, 0.1) is 13.8 Å². The summed E-state index contributed by atoms with van der Waals surface area (Å²) in [5, 5.41) is 7.47. The predicted octanol–water partition coefficient (Wildman–Crippen LogP) is 2.76. The van der Waals surface area contributed by atoms with Gasteiger partial charge >= 0.3 is 0 Å². The summed E-state index contributed by atoms with van der Waals surface area (Å²) in [7, 11) is 0. The van der Waals surface area contributed by atoms with E-state index in [1.54, 1.807) is 6.92 Å². The zero-order chi connectivity index (χ0) is 17.8. The summed E-state index contributed by atoms with van der Waals surface area (Å²) in [6.07, 6.45) is 3.28. The minimum Gasteiger partial charge on any atom is -0.353 e. The zero-order valence-electron chi connectivity index (χ0n) is 15.2. The van der Waals surface area contributed by atoms with Crippen LogP contribution < -0.4 is 5.32 Å². The van der Waals surface area contributed by atoms with Gasteiger partial charge in [0.25, 0.3) is 0 Å². The normalized spacial score (nSPS) is 15.1. The maximum absolute atomic E-state index is 11.1. The lowest BCUT2D eigenvalue weighted by Gasteiger charge is -2.27. The summed E-state index contributed by atoms with van der Waals surface area (Å²) < 4.78 is 2.00. The van der Waals surface area contributed by atoms with E-state index in [1.165, 1.54) is 11.1 Å². The third kappa shape index (κ3) is 4.57. The van der Waals surface area contributed by atoms with E-state index in [4.69, 9.17) is 0 Å². The second-order valence-electron chi connectivity index (χ2n) is 6.78. The minimum absolute atomic E-state index is 0.0237. The van der Waals surface area contributed by atoms with Crippen LogP contribution in [0.25, 0.3) is 5.69 Å². The van der Waals surface area contributed by atoms with E-state index in [0.717, 1.165) is 43.1 Å². The maximum atomic E-state index is 11.1. The molecule has 1 aliphatic rings. The highest BCUT2D eigenvalue weighted by molar-refractivity contribution is 5.73. The topological polar surface area (TPSA) is 50.2 Å². The number of aromatic nitrogens is 2. The molecule has 25 heavy (non-hydrogen) atoms. The average Bonchev–Trinajstić information content (AvgIpc) is 2.92. The van der Waals surface area contributed by atoms with Crippen molar-refractivity contribution in [2.75, 3.05) is 19.6 Å². The summed E-state index contributed by atoms with van der Waals surface area (Å²) in [6.45, 7) is 9.17. The van der Waals surface area contributed by atoms with Crippen LogP contribution in [0.4, 0.5) is 0 Å². The highest BCUT2D eigenvalue weighted by atomic mass is 16.1. The molecular weight excluding hydrogens is 312 g/mol. The summed E-state index contributed by atoms with van der Waals surface area (Å²) in [4.78, 5) is 13.5. The van der Waals surface area contributed by atoms with Gasteiger partial charge < -0.3 is 5.32 Å². The molecule has 0 unspecified atom stereocenters. The second-order valence-corrected chi connectivity index (χ2v) is 6.78. The Morgan fingerprint density at radius 2 is 2.12 bits per heavy atom. The van der Waals surface area contributed by atoms with Crippen molar-refractivity contribution in [3.05, 3.63) is 58.9 Å². The molecule has 2 aromatic rings. The lowest BCUT2D eigenvalue weighted by atomic mass is 10.1. The van der Waals surface area contributed by atoms with Crippen molar-refractivity contribution < 1.29 is 4.79 Å². The van der Waals surface area contributed by atoms with Crippen LogP contribution in [0.3, 0.4) is 0 Å². The maximum Gasteiger partial charge on any atom is 0.217 e. The van der Waals surface area contributed by atoms with Crippen LogP contribution in [0.5, 0.6) is 0 Å². The van der Waals surface area contributed by atoms with Gasteiger partial charge in [-0.1, -0.05) is 18.2 Å². The van der Waals surface area contributed by atoms with Crippen LogP contribution in [0.15, 0.2) is 42.0 Å². The van der Waals surface area contributed by atoms with Crippen molar-refractivity contribution >= 4 is 5.91 Å². The first-order valence-corrected chi connectivity index (χ1v) is 8.78. The van der Waals surface area contributed by atoms with E-state index < -0.39 is 0 Å². The number of hydrogen-bond acceptors (Lipinski definition) is 3. The third-order valence-electron chi connectivity index (χ3n) is 4.44. The first-order valence-electron chi connectivity index (χ1n) is 8.78. The van der Waals surface area contributed by atoms with Crippen molar-refractivity contribution in [1.82, 2.24) is 20.0 Å². The molecule has 2 heterocycles. The van der Waals surface area contributed by atoms with Gasteiger partial charge in [0.15, 0.2) is 0 Å². The molecule has 0 aliphatic carbocycles. The monoisotopic (exact) mass is 338 g/mol. The van der Waals surface area contributed by atoms with E-state index >= 15 is 0 Å². The Labute approximate surface area is 149 Å². The Balaban J connectivity index is 1.67. The van der Waals surface area contributed by atoms with Gasteiger partial charge in [-0.15, -0.1) is 0 Å².